The first-order chi connectivity index (χ1) is 11.5. The molecule has 24 heavy (non-hydrogen) atoms. The third-order valence-corrected chi connectivity index (χ3v) is 4.49. The Kier molecular flexibility index (Phi) is 5.00. The Labute approximate surface area is 141 Å². The summed E-state index contributed by atoms with van der Waals surface area (Å²) in [6.07, 6.45) is 0.955. The average molecular weight is 335 g/mol. The number of aliphatic hydroxyl groups is 1. The molecule has 0 spiro atoms. The fourth-order valence-corrected chi connectivity index (χ4v) is 3.06. The number of piperazine rings is 1. The van der Waals surface area contributed by atoms with Crippen LogP contribution in [0.2, 0.25) is 0 Å². The van der Waals surface area contributed by atoms with Gasteiger partial charge in [0.1, 0.15) is 5.82 Å². The topological polar surface area (TPSA) is 102 Å². The molecule has 2 fully saturated rings. The minimum Gasteiger partial charge on any atom is -0.389 e. The lowest BCUT2D eigenvalue weighted by Gasteiger charge is -2.36. The first-order valence-electron chi connectivity index (χ1n) is 8.27. The van der Waals surface area contributed by atoms with Gasteiger partial charge >= 0.3 is 6.03 Å². The number of urea groups is 1. The van der Waals surface area contributed by atoms with E-state index in [9.17, 15) is 9.90 Å². The fraction of sp³-hybridized carbons (Fsp3) is 0.667. The third kappa shape index (κ3) is 3.85. The van der Waals surface area contributed by atoms with Gasteiger partial charge in [0.15, 0.2) is 0 Å². The molecule has 2 saturated heterocycles. The van der Waals surface area contributed by atoms with Gasteiger partial charge in [-0.3, -0.25) is 0 Å². The SMILES string of the molecule is CN1CCN(C(=O)N2CCN(c3nccc(N)n3)CC(O)C2)CC1. The van der Waals surface area contributed by atoms with Crippen LogP contribution >= 0.6 is 0 Å². The van der Waals surface area contributed by atoms with Crippen molar-refractivity contribution in [2.75, 3.05) is 70.0 Å². The van der Waals surface area contributed by atoms with Crippen LogP contribution in [-0.2, 0) is 0 Å². The number of rotatable bonds is 1. The molecule has 3 heterocycles. The van der Waals surface area contributed by atoms with Gasteiger partial charge in [0, 0.05) is 52.0 Å². The van der Waals surface area contributed by atoms with E-state index in [1.54, 1.807) is 17.2 Å². The quantitative estimate of drug-likeness (QED) is 0.672. The number of likely N-dealkylation sites (N-methyl/N-ethyl adjacent to an activating group) is 1. The maximum Gasteiger partial charge on any atom is 0.320 e. The molecule has 132 valence electrons. The summed E-state index contributed by atoms with van der Waals surface area (Å²) >= 11 is 0. The van der Waals surface area contributed by atoms with Crippen LogP contribution in [0.4, 0.5) is 16.6 Å². The number of nitrogens with zero attached hydrogens (tertiary/aromatic N) is 6. The molecule has 9 nitrogen and oxygen atoms in total. The molecule has 0 bridgehead atoms. The number of nitrogens with two attached hydrogens (primary N) is 1. The third-order valence-electron chi connectivity index (χ3n) is 4.49. The van der Waals surface area contributed by atoms with Crippen LogP contribution in [-0.4, -0.2) is 101 Å². The zero-order chi connectivity index (χ0) is 17.1. The molecular weight excluding hydrogens is 310 g/mol. The van der Waals surface area contributed by atoms with Crippen LogP contribution in [0, 0.1) is 0 Å². The van der Waals surface area contributed by atoms with E-state index >= 15 is 0 Å². The van der Waals surface area contributed by atoms with Gasteiger partial charge in [-0.05, 0) is 13.1 Å². The molecule has 1 atom stereocenters. The van der Waals surface area contributed by atoms with Gasteiger partial charge in [0.05, 0.1) is 12.6 Å². The highest BCUT2D eigenvalue weighted by Crippen LogP contribution is 2.14. The molecular formula is C15H25N7O2. The summed E-state index contributed by atoms with van der Waals surface area (Å²) in [5.74, 6) is 0.882. The molecule has 0 radical (unpaired) electrons. The summed E-state index contributed by atoms with van der Waals surface area (Å²) < 4.78 is 0. The first-order valence-corrected chi connectivity index (χ1v) is 8.27. The largest absolute Gasteiger partial charge is 0.389 e. The highest BCUT2D eigenvalue weighted by atomic mass is 16.3. The molecule has 2 aliphatic rings. The number of nitrogen functional groups attached to an aromatic ring is 1. The Hall–Kier alpha value is -2.13. The van der Waals surface area contributed by atoms with Gasteiger partial charge in [0.25, 0.3) is 0 Å². The van der Waals surface area contributed by atoms with Crippen LogP contribution in [0.1, 0.15) is 0 Å². The average Bonchev–Trinajstić information content (AvgIpc) is 2.77. The van der Waals surface area contributed by atoms with Crippen LogP contribution in [0.5, 0.6) is 0 Å². The van der Waals surface area contributed by atoms with E-state index in [-0.39, 0.29) is 6.03 Å². The second kappa shape index (κ2) is 7.18. The van der Waals surface area contributed by atoms with E-state index in [2.05, 4.69) is 21.9 Å². The van der Waals surface area contributed by atoms with Crippen molar-refractivity contribution in [3.05, 3.63) is 12.3 Å². The Morgan fingerprint density at radius 2 is 1.88 bits per heavy atom. The number of β-amino-alcohol motifs (C(OH)–C–C–N with tert-alkyl or cyclic N) is 1. The Morgan fingerprint density at radius 3 is 2.58 bits per heavy atom. The molecule has 0 aliphatic carbocycles. The molecule has 2 amide bonds. The van der Waals surface area contributed by atoms with Crippen molar-refractivity contribution in [3.8, 4) is 0 Å². The Balaban J connectivity index is 1.64. The number of carbonyl (C=O) groups is 1. The second-order valence-corrected chi connectivity index (χ2v) is 6.40. The molecule has 1 aromatic heterocycles. The maximum atomic E-state index is 12.7. The zero-order valence-corrected chi connectivity index (χ0v) is 14.0. The number of hydrogen-bond acceptors (Lipinski definition) is 7. The number of aromatic nitrogens is 2. The minimum atomic E-state index is -0.644. The monoisotopic (exact) mass is 335 g/mol. The smallest absolute Gasteiger partial charge is 0.320 e. The Morgan fingerprint density at radius 1 is 1.17 bits per heavy atom. The van der Waals surface area contributed by atoms with Gasteiger partial charge in [-0.25, -0.2) is 9.78 Å². The fourth-order valence-electron chi connectivity index (χ4n) is 3.06. The van der Waals surface area contributed by atoms with Crippen molar-refractivity contribution in [2.45, 2.75) is 6.10 Å². The summed E-state index contributed by atoms with van der Waals surface area (Å²) in [4.78, 5) is 28.8. The summed E-state index contributed by atoms with van der Waals surface area (Å²) in [6.45, 7) is 5.02. The predicted octanol–water partition coefficient (Wildman–Crippen LogP) is -1.09. The minimum absolute atomic E-state index is 0.00232. The van der Waals surface area contributed by atoms with Crippen molar-refractivity contribution in [2.24, 2.45) is 0 Å². The van der Waals surface area contributed by atoms with Gasteiger partial charge in [-0.1, -0.05) is 0 Å². The predicted molar refractivity (Wildman–Crippen MR) is 90.7 cm³/mol. The van der Waals surface area contributed by atoms with Gasteiger partial charge in [-0.2, -0.15) is 4.98 Å². The number of carbonyl (C=O) groups excluding carboxylic acids is 1. The van der Waals surface area contributed by atoms with E-state index in [0.717, 1.165) is 26.2 Å². The van der Waals surface area contributed by atoms with Crippen molar-refractivity contribution < 1.29 is 9.90 Å². The molecule has 3 N–H and O–H groups in total. The van der Waals surface area contributed by atoms with Gasteiger partial charge in [-0.15, -0.1) is 0 Å². The Bertz CT molecular complexity index is 577. The van der Waals surface area contributed by atoms with Crippen LogP contribution in [0.15, 0.2) is 12.3 Å². The molecule has 1 aromatic rings. The van der Waals surface area contributed by atoms with Crippen LogP contribution in [0.3, 0.4) is 0 Å². The number of aliphatic hydroxyl groups excluding tert-OH is 1. The van der Waals surface area contributed by atoms with E-state index < -0.39 is 6.10 Å². The van der Waals surface area contributed by atoms with E-state index in [1.807, 2.05) is 9.80 Å². The van der Waals surface area contributed by atoms with Crippen molar-refractivity contribution >= 4 is 17.8 Å². The van der Waals surface area contributed by atoms with Gasteiger partial charge < -0.3 is 30.4 Å². The summed E-state index contributed by atoms with van der Waals surface area (Å²) in [5, 5.41) is 10.3. The van der Waals surface area contributed by atoms with Crippen LogP contribution < -0.4 is 10.6 Å². The van der Waals surface area contributed by atoms with Crippen molar-refractivity contribution in [1.29, 1.82) is 0 Å². The second-order valence-electron chi connectivity index (χ2n) is 6.40. The number of anilines is 2. The van der Waals surface area contributed by atoms with E-state index in [4.69, 9.17) is 5.73 Å². The standard InChI is InChI=1S/C15H25N7O2/c1-19-4-6-20(7-5-19)15(24)22-9-8-21(10-12(23)11-22)14-17-3-2-13(16)18-14/h2-3,12,23H,4-11H2,1H3,(H2,16,17,18). The molecule has 2 aliphatic heterocycles. The summed E-state index contributed by atoms with van der Waals surface area (Å²) in [7, 11) is 2.06. The summed E-state index contributed by atoms with van der Waals surface area (Å²) in [6, 6.07) is 1.62. The lowest BCUT2D eigenvalue weighted by Crippen LogP contribution is -2.53. The number of hydrogen-bond donors (Lipinski definition) is 2. The maximum absolute atomic E-state index is 12.7. The molecule has 3 rings (SSSR count). The lowest BCUT2D eigenvalue weighted by atomic mass is 10.3. The van der Waals surface area contributed by atoms with Gasteiger partial charge in [0.2, 0.25) is 5.95 Å². The zero-order valence-electron chi connectivity index (χ0n) is 14.0. The molecule has 0 saturated carbocycles. The van der Waals surface area contributed by atoms with Crippen LogP contribution in [0.25, 0.3) is 0 Å². The molecule has 1 unspecified atom stereocenters. The summed E-state index contributed by atoms with van der Waals surface area (Å²) in [5.41, 5.74) is 5.71. The molecule has 0 aromatic carbocycles. The van der Waals surface area contributed by atoms with E-state index in [1.165, 1.54) is 0 Å². The lowest BCUT2D eigenvalue weighted by molar-refractivity contribution is 0.101. The van der Waals surface area contributed by atoms with E-state index in [0.29, 0.717) is 37.9 Å². The highest BCUT2D eigenvalue weighted by molar-refractivity contribution is 5.74. The number of amides is 2. The van der Waals surface area contributed by atoms with Crippen molar-refractivity contribution in [3.63, 3.8) is 0 Å². The first kappa shape index (κ1) is 16.7. The van der Waals surface area contributed by atoms with Crippen molar-refractivity contribution in [1.82, 2.24) is 24.7 Å². The normalized spacial score (nSPS) is 23.2. The highest BCUT2D eigenvalue weighted by Gasteiger charge is 2.29. The molecule has 9 heteroatoms.